The van der Waals surface area contributed by atoms with Crippen LogP contribution >= 0.6 is 0 Å². The molecule has 2 saturated heterocycles. The molecular weight excluding hydrogens is 460 g/mol. The standard InChI is InChI=1S/C27H20N4O5/c1-15-11-12-18(31(35)36)13-20(15)29-26(33)21-22(27(29)34)24(25(32)16-7-3-2-4-8-16)30-23(21)19-10-6-5-9-17(19)14-28-30/h2-14,21-24H,1H3/t21-,22+,23+,24-/m0/s1. The minimum absolute atomic E-state index is 0.165. The van der Waals surface area contributed by atoms with Crippen LogP contribution in [0.15, 0.2) is 77.9 Å². The van der Waals surface area contributed by atoms with E-state index in [1.165, 1.54) is 18.2 Å². The number of ketones is 1. The summed E-state index contributed by atoms with van der Waals surface area (Å²) in [7, 11) is 0. The van der Waals surface area contributed by atoms with Crippen molar-refractivity contribution >= 4 is 35.2 Å². The Hall–Kier alpha value is -4.66. The van der Waals surface area contributed by atoms with Gasteiger partial charge in [-0.05, 0) is 23.6 Å². The molecular formula is C27H20N4O5. The van der Waals surface area contributed by atoms with Crippen LogP contribution in [0.4, 0.5) is 11.4 Å². The van der Waals surface area contributed by atoms with Gasteiger partial charge >= 0.3 is 0 Å². The van der Waals surface area contributed by atoms with Gasteiger partial charge in [0.2, 0.25) is 11.8 Å². The molecule has 0 radical (unpaired) electrons. The Bertz CT molecular complexity index is 1480. The first-order valence-electron chi connectivity index (χ1n) is 11.5. The molecule has 4 atom stereocenters. The molecule has 0 unspecified atom stereocenters. The van der Waals surface area contributed by atoms with E-state index in [0.717, 1.165) is 16.0 Å². The zero-order valence-electron chi connectivity index (χ0n) is 19.1. The molecule has 3 aromatic carbocycles. The van der Waals surface area contributed by atoms with Crippen molar-refractivity contribution in [3.8, 4) is 0 Å². The third-order valence-electron chi connectivity index (χ3n) is 7.26. The van der Waals surface area contributed by atoms with Crippen molar-refractivity contribution in [2.75, 3.05) is 4.90 Å². The Morgan fingerprint density at radius 3 is 2.39 bits per heavy atom. The summed E-state index contributed by atoms with van der Waals surface area (Å²) in [5, 5.41) is 17.5. The van der Waals surface area contributed by atoms with Gasteiger partial charge in [-0.1, -0.05) is 60.7 Å². The van der Waals surface area contributed by atoms with Crippen LogP contribution in [0.25, 0.3) is 0 Å². The number of non-ortho nitro benzene ring substituents is 1. The summed E-state index contributed by atoms with van der Waals surface area (Å²) in [6, 6.07) is 18.6. The lowest BCUT2D eigenvalue weighted by molar-refractivity contribution is -0.384. The van der Waals surface area contributed by atoms with Gasteiger partial charge in [-0.2, -0.15) is 5.10 Å². The van der Waals surface area contributed by atoms with E-state index < -0.39 is 40.7 Å². The number of hydrogen-bond donors (Lipinski definition) is 0. The Labute approximate surface area is 205 Å². The molecule has 9 nitrogen and oxygen atoms in total. The number of Topliss-reactive ketones (excluding diaryl/α,β-unsaturated/α-hetero) is 1. The summed E-state index contributed by atoms with van der Waals surface area (Å²) in [6.45, 7) is 1.69. The van der Waals surface area contributed by atoms with Crippen molar-refractivity contribution in [1.82, 2.24) is 5.01 Å². The maximum atomic E-state index is 13.9. The SMILES string of the molecule is Cc1ccc([N+](=O)[O-])cc1N1C(=O)[C@@H]2[C@H](C1=O)[C@H]1c3ccccc3C=NN1[C@@H]2C(=O)c1ccccc1. The first-order valence-corrected chi connectivity index (χ1v) is 11.5. The molecule has 3 aromatic rings. The fourth-order valence-electron chi connectivity index (χ4n) is 5.63. The Morgan fingerprint density at radius 2 is 1.64 bits per heavy atom. The molecule has 0 bridgehead atoms. The summed E-state index contributed by atoms with van der Waals surface area (Å²) in [5.41, 5.74) is 2.53. The number of benzene rings is 3. The summed E-state index contributed by atoms with van der Waals surface area (Å²) in [6.07, 6.45) is 1.65. The van der Waals surface area contributed by atoms with Gasteiger partial charge in [-0.25, -0.2) is 4.90 Å². The topological polar surface area (TPSA) is 113 Å². The predicted octanol–water partition coefficient (Wildman–Crippen LogP) is 3.66. The monoisotopic (exact) mass is 480 g/mol. The predicted molar refractivity (Wildman–Crippen MR) is 130 cm³/mol. The molecule has 6 rings (SSSR count). The fraction of sp³-hybridized carbons (Fsp3) is 0.185. The number of fused-ring (bicyclic) bond motifs is 5. The summed E-state index contributed by atoms with van der Waals surface area (Å²) >= 11 is 0. The van der Waals surface area contributed by atoms with Crippen molar-refractivity contribution in [2.45, 2.75) is 19.0 Å². The normalized spacial score (nSPS) is 23.9. The number of aryl methyl sites for hydroxylation is 1. The van der Waals surface area contributed by atoms with Gasteiger partial charge in [-0.15, -0.1) is 0 Å². The lowest BCUT2D eigenvalue weighted by Crippen LogP contribution is -2.44. The van der Waals surface area contributed by atoms with Crippen LogP contribution in [-0.2, 0) is 9.59 Å². The third-order valence-corrected chi connectivity index (χ3v) is 7.26. The van der Waals surface area contributed by atoms with Crippen LogP contribution < -0.4 is 4.90 Å². The van der Waals surface area contributed by atoms with Gasteiger partial charge < -0.3 is 0 Å². The number of amides is 2. The number of imide groups is 1. The number of carbonyl (C=O) groups is 3. The van der Waals surface area contributed by atoms with Crippen molar-refractivity contribution in [3.05, 3.63) is 105 Å². The number of nitro groups is 1. The molecule has 3 aliphatic heterocycles. The van der Waals surface area contributed by atoms with Gasteiger partial charge in [0, 0.05) is 17.7 Å². The second kappa shape index (κ2) is 7.94. The highest BCUT2D eigenvalue weighted by molar-refractivity contribution is 6.25. The van der Waals surface area contributed by atoms with Crippen molar-refractivity contribution < 1.29 is 19.3 Å². The number of anilines is 1. The molecule has 178 valence electrons. The Morgan fingerprint density at radius 1 is 0.944 bits per heavy atom. The number of rotatable bonds is 4. The van der Waals surface area contributed by atoms with Gasteiger partial charge in [0.25, 0.3) is 5.69 Å². The van der Waals surface area contributed by atoms with E-state index in [0.29, 0.717) is 11.1 Å². The van der Waals surface area contributed by atoms with E-state index in [2.05, 4.69) is 5.10 Å². The zero-order chi connectivity index (χ0) is 25.1. The molecule has 0 saturated carbocycles. The van der Waals surface area contributed by atoms with Crippen LogP contribution in [0.2, 0.25) is 0 Å². The fourth-order valence-corrected chi connectivity index (χ4v) is 5.63. The minimum atomic E-state index is -0.993. The highest BCUT2D eigenvalue weighted by atomic mass is 16.6. The second-order valence-corrected chi connectivity index (χ2v) is 9.16. The van der Waals surface area contributed by atoms with E-state index in [1.807, 2.05) is 24.3 Å². The number of nitrogens with zero attached hydrogens (tertiary/aromatic N) is 4. The molecule has 0 aliphatic carbocycles. The smallest absolute Gasteiger partial charge is 0.271 e. The maximum Gasteiger partial charge on any atom is 0.271 e. The van der Waals surface area contributed by atoms with Crippen molar-refractivity contribution in [2.24, 2.45) is 16.9 Å². The molecule has 2 amide bonds. The summed E-state index contributed by atoms with van der Waals surface area (Å²) in [4.78, 5) is 53.5. The van der Waals surface area contributed by atoms with Crippen molar-refractivity contribution in [1.29, 1.82) is 0 Å². The molecule has 36 heavy (non-hydrogen) atoms. The van der Waals surface area contributed by atoms with E-state index >= 15 is 0 Å². The molecule has 0 N–H and O–H groups in total. The lowest BCUT2D eigenvalue weighted by Gasteiger charge is -2.34. The van der Waals surface area contributed by atoms with Crippen LogP contribution in [0, 0.1) is 28.9 Å². The van der Waals surface area contributed by atoms with Crippen LogP contribution in [0.5, 0.6) is 0 Å². The number of carbonyl (C=O) groups excluding carboxylic acids is 3. The highest BCUT2D eigenvalue weighted by Crippen LogP contribution is 2.53. The minimum Gasteiger partial charge on any atom is -0.292 e. The van der Waals surface area contributed by atoms with Gasteiger partial charge in [-0.3, -0.25) is 29.5 Å². The first-order chi connectivity index (χ1) is 17.4. The summed E-state index contributed by atoms with van der Waals surface area (Å²) < 4.78 is 0. The average Bonchev–Trinajstić information content (AvgIpc) is 3.37. The third kappa shape index (κ3) is 3.02. The highest BCUT2D eigenvalue weighted by Gasteiger charge is 2.65. The largest absolute Gasteiger partial charge is 0.292 e. The van der Waals surface area contributed by atoms with Crippen LogP contribution in [0.3, 0.4) is 0 Å². The van der Waals surface area contributed by atoms with E-state index in [4.69, 9.17) is 0 Å². The van der Waals surface area contributed by atoms with E-state index in [-0.39, 0.29) is 17.2 Å². The quantitative estimate of drug-likeness (QED) is 0.244. The van der Waals surface area contributed by atoms with E-state index in [9.17, 15) is 24.5 Å². The number of hydrazone groups is 1. The van der Waals surface area contributed by atoms with Gasteiger partial charge in [0.15, 0.2) is 5.78 Å². The van der Waals surface area contributed by atoms with E-state index in [1.54, 1.807) is 48.5 Å². The molecule has 3 heterocycles. The maximum absolute atomic E-state index is 13.9. The zero-order valence-corrected chi connectivity index (χ0v) is 19.1. The van der Waals surface area contributed by atoms with Crippen LogP contribution in [0.1, 0.15) is 33.1 Å². The number of nitro benzene ring substituents is 1. The molecule has 0 spiro atoms. The molecule has 9 heteroatoms. The van der Waals surface area contributed by atoms with Gasteiger partial charge in [0.05, 0.1) is 34.7 Å². The second-order valence-electron chi connectivity index (χ2n) is 9.16. The summed E-state index contributed by atoms with van der Waals surface area (Å²) in [5.74, 6) is -3.20. The molecule has 0 aromatic heterocycles. The molecule has 3 aliphatic rings. The lowest BCUT2D eigenvalue weighted by atomic mass is 9.83. The van der Waals surface area contributed by atoms with Crippen molar-refractivity contribution in [3.63, 3.8) is 0 Å². The first kappa shape index (κ1) is 21.8. The Kier molecular flexibility index (Phi) is 4.82. The number of hydrogen-bond acceptors (Lipinski definition) is 7. The Balaban J connectivity index is 1.51. The molecule has 2 fully saturated rings. The average molecular weight is 480 g/mol. The van der Waals surface area contributed by atoms with Gasteiger partial charge in [0.1, 0.15) is 6.04 Å². The van der Waals surface area contributed by atoms with Crippen LogP contribution in [-0.4, -0.2) is 39.8 Å².